The van der Waals surface area contributed by atoms with Crippen LogP contribution in [0.5, 0.6) is 0 Å². The molecule has 2 aromatic rings. The van der Waals surface area contributed by atoms with Gasteiger partial charge in [0, 0.05) is 19.2 Å². The van der Waals surface area contributed by atoms with E-state index in [0.717, 1.165) is 5.56 Å². The minimum atomic E-state index is -0.945. The number of hydrogen-bond donors (Lipinski definition) is 1. The Morgan fingerprint density at radius 2 is 2.05 bits per heavy atom. The largest absolute Gasteiger partial charge is 0.388 e. The molecule has 0 radical (unpaired) electrons. The number of benzene rings is 1. The monoisotopic (exact) mass is 302 g/mol. The molecule has 5 heteroatoms. The highest BCUT2D eigenvalue weighted by Crippen LogP contribution is 2.17. The van der Waals surface area contributed by atoms with Gasteiger partial charge >= 0.3 is 0 Å². The van der Waals surface area contributed by atoms with Crippen molar-refractivity contribution in [3.63, 3.8) is 0 Å². The van der Waals surface area contributed by atoms with Crippen molar-refractivity contribution in [3.05, 3.63) is 53.4 Å². The molecule has 1 amide bonds. The van der Waals surface area contributed by atoms with Crippen LogP contribution in [-0.4, -0.2) is 33.2 Å². The molecule has 1 aromatic heterocycles. The van der Waals surface area contributed by atoms with Crippen LogP contribution in [0.25, 0.3) is 0 Å². The lowest BCUT2D eigenvalue weighted by molar-refractivity contribution is 0.0119. The molecule has 2 rings (SSSR count). The molecule has 0 fully saturated rings. The summed E-state index contributed by atoms with van der Waals surface area (Å²) in [7, 11) is 0. The fourth-order valence-corrected chi connectivity index (χ4v) is 2.15. The van der Waals surface area contributed by atoms with Gasteiger partial charge in [0.15, 0.2) is 0 Å². The third kappa shape index (κ3) is 4.18. The molecule has 1 unspecified atom stereocenters. The Morgan fingerprint density at radius 1 is 1.36 bits per heavy atom. The molecule has 0 aliphatic rings. The lowest BCUT2D eigenvalue weighted by Crippen LogP contribution is -2.43. The number of aryl methyl sites for hydroxylation is 1. The second-order valence-corrected chi connectivity index (χ2v) is 5.83. The first-order chi connectivity index (χ1) is 10.4. The van der Waals surface area contributed by atoms with Gasteiger partial charge in [0.25, 0.3) is 5.91 Å². The predicted molar refractivity (Wildman–Crippen MR) is 83.3 cm³/mol. The second-order valence-electron chi connectivity index (χ2n) is 5.83. The average Bonchev–Trinajstić information content (AvgIpc) is 2.93. The lowest BCUT2D eigenvalue weighted by atomic mass is 10.0. The quantitative estimate of drug-likeness (QED) is 0.891. The van der Waals surface area contributed by atoms with E-state index in [1.54, 1.807) is 24.8 Å². The first kappa shape index (κ1) is 16.2. The molecule has 1 N–H and O–H groups in total. The van der Waals surface area contributed by atoms with Crippen LogP contribution < -0.4 is 0 Å². The van der Waals surface area contributed by atoms with Gasteiger partial charge in [0.1, 0.15) is 0 Å². The van der Waals surface area contributed by atoms with Crippen LogP contribution in [0, 0.1) is 6.92 Å². The predicted octanol–water partition coefficient (Wildman–Crippen LogP) is 2.79. The molecule has 22 heavy (non-hydrogen) atoms. The molecule has 118 valence electrons. The Bertz CT molecular complexity index is 620. The molecular weight excluding hydrogens is 280 g/mol. The van der Waals surface area contributed by atoms with Crippen molar-refractivity contribution in [2.45, 2.75) is 39.3 Å². The Balaban J connectivity index is 2.22. The van der Waals surface area contributed by atoms with Gasteiger partial charge in [0.05, 0.1) is 11.3 Å². The van der Waals surface area contributed by atoms with Gasteiger partial charge in [-0.15, -0.1) is 0 Å². The fourth-order valence-electron chi connectivity index (χ4n) is 2.15. The van der Waals surface area contributed by atoms with E-state index in [2.05, 4.69) is 5.16 Å². The van der Waals surface area contributed by atoms with Crippen LogP contribution >= 0.6 is 0 Å². The maximum absolute atomic E-state index is 12.6. The summed E-state index contributed by atoms with van der Waals surface area (Å²) in [5, 5.41) is 14.1. The molecule has 0 saturated carbocycles. The minimum absolute atomic E-state index is 0.195. The van der Waals surface area contributed by atoms with E-state index in [9.17, 15) is 9.90 Å². The number of carbonyl (C=O) groups is 1. The Labute approximate surface area is 130 Å². The molecule has 0 saturated heterocycles. The van der Waals surface area contributed by atoms with E-state index in [-0.39, 0.29) is 18.2 Å². The van der Waals surface area contributed by atoms with E-state index in [4.69, 9.17) is 4.52 Å². The first-order valence-corrected chi connectivity index (χ1v) is 7.40. The highest BCUT2D eigenvalue weighted by atomic mass is 16.5. The number of rotatable bonds is 6. The van der Waals surface area contributed by atoms with Gasteiger partial charge in [-0.3, -0.25) is 4.79 Å². The minimum Gasteiger partial charge on any atom is -0.388 e. The summed E-state index contributed by atoms with van der Waals surface area (Å²) >= 11 is 0. The third-order valence-corrected chi connectivity index (χ3v) is 3.64. The molecule has 0 bridgehead atoms. The van der Waals surface area contributed by atoms with Crippen molar-refractivity contribution in [1.82, 2.24) is 10.1 Å². The summed E-state index contributed by atoms with van der Waals surface area (Å²) in [6.07, 6.45) is 0.557. The van der Waals surface area contributed by atoms with Crippen molar-refractivity contribution < 1.29 is 14.4 Å². The Kier molecular flexibility index (Phi) is 4.98. The Hall–Kier alpha value is -2.14. The van der Waals surface area contributed by atoms with Crippen LogP contribution in [0.4, 0.5) is 0 Å². The lowest BCUT2D eigenvalue weighted by Gasteiger charge is -2.30. The summed E-state index contributed by atoms with van der Waals surface area (Å²) in [5.41, 5.74) is 0.712. The highest BCUT2D eigenvalue weighted by Gasteiger charge is 2.28. The molecule has 0 aliphatic carbocycles. The summed E-state index contributed by atoms with van der Waals surface area (Å²) < 4.78 is 5.07. The fraction of sp³-hybridized carbons (Fsp3) is 0.412. The van der Waals surface area contributed by atoms with Crippen LogP contribution in [0.1, 0.15) is 42.1 Å². The van der Waals surface area contributed by atoms with Gasteiger partial charge in [-0.2, -0.15) is 0 Å². The van der Waals surface area contributed by atoms with Crippen molar-refractivity contribution in [2.75, 3.05) is 6.54 Å². The van der Waals surface area contributed by atoms with Crippen LogP contribution in [0.2, 0.25) is 0 Å². The zero-order valence-electron chi connectivity index (χ0n) is 13.2. The topological polar surface area (TPSA) is 66.6 Å². The Morgan fingerprint density at radius 3 is 2.59 bits per heavy atom. The normalized spacial score (nSPS) is 13.6. The number of amides is 1. The van der Waals surface area contributed by atoms with Gasteiger partial charge in [-0.25, -0.2) is 0 Å². The van der Waals surface area contributed by atoms with E-state index < -0.39 is 5.60 Å². The number of carbonyl (C=O) groups excluding carboxylic acids is 1. The SMILES string of the molecule is CCC(C)(O)CN(Cc1ccccc1)C(=O)c1cc(C)no1. The number of hydrogen-bond acceptors (Lipinski definition) is 4. The molecule has 1 atom stereocenters. The first-order valence-electron chi connectivity index (χ1n) is 7.40. The van der Waals surface area contributed by atoms with Gasteiger partial charge in [0.2, 0.25) is 5.76 Å². The molecule has 1 heterocycles. The van der Waals surface area contributed by atoms with E-state index in [1.807, 2.05) is 37.3 Å². The summed E-state index contributed by atoms with van der Waals surface area (Å²) in [6.45, 7) is 6.03. The van der Waals surface area contributed by atoms with Gasteiger partial charge < -0.3 is 14.5 Å². The van der Waals surface area contributed by atoms with Crippen molar-refractivity contribution in [3.8, 4) is 0 Å². The van der Waals surface area contributed by atoms with Crippen molar-refractivity contribution >= 4 is 5.91 Å². The second kappa shape index (κ2) is 6.75. The number of aromatic nitrogens is 1. The van der Waals surface area contributed by atoms with E-state index >= 15 is 0 Å². The van der Waals surface area contributed by atoms with E-state index in [0.29, 0.717) is 18.7 Å². The summed E-state index contributed by atoms with van der Waals surface area (Å²) in [6, 6.07) is 11.3. The maximum atomic E-state index is 12.6. The maximum Gasteiger partial charge on any atom is 0.292 e. The molecule has 1 aromatic carbocycles. The highest BCUT2D eigenvalue weighted by molar-refractivity contribution is 5.91. The molecule has 0 spiro atoms. The number of aliphatic hydroxyl groups is 1. The zero-order chi connectivity index (χ0) is 16.2. The average molecular weight is 302 g/mol. The van der Waals surface area contributed by atoms with Crippen LogP contribution in [0.3, 0.4) is 0 Å². The zero-order valence-corrected chi connectivity index (χ0v) is 13.2. The van der Waals surface area contributed by atoms with Gasteiger partial charge in [-0.1, -0.05) is 42.4 Å². The van der Waals surface area contributed by atoms with Crippen molar-refractivity contribution in [1.29, 1.82) is 0 Å². The van der Waals surface area contributed by atoms with Crippen LogP contribution in [0.15, 0.2) is 40.9 Å². The smallest absolute Gasteiger partial charge is 0.292 e. The third-order valence-electron chi connectivity index (χ3n) is 3.64. The van der Waals surface area contributed by atoms with Crippen LogP contribution in [-0.2, 0) is 6.54 Å². The van der Waals surface area contributed by atoms with E-state index in [1.165, 1.54) is 0 Å². The van der Waals surface area contributed by atoms with Crippen molar-refractivity contribution in [2.24, 2.45) is 0 Å². The molecule has 0 aliphatic heterocycles. The summed E-state index contributed by atoms with van der Waals surface area (Å²) in [4.78, 5) is 14.2. The number of nitrogens with zero attached hydrogens (tertiary/aromatic N) is 2. The molecule has 5 nitrogen and oxygen atoms in total. The van der Waals surface area contributed by atoms with Gasteiger partial charge in [-0.05, 0) is 25.8 Å². The molecular formula is C17H22N2O3. The standard InChI is InChI=1S/C17H22N2O3/c1-4-17(3,21)12-19(11-14-8-6-5-7-9-14)16(20)15-10-13(2)18-22-15/h5-10,21H,4,11-12H2,1-3H3. The summed E-state index contributed by atoms with van der Waals surface area (Å²) in [5.74, 6) is -0.0708.